The molecule has 1 aliphatic rings. The highest BCUT2D eigenvalue weighted by atomic mass is 35.5. The molecule has 1 atom stereocenters. The minimum atomic E-state index is 0.754. The van der Waals surface area contributed by atoms with Crippen LogP contribution >= 0.6 is 11.6 Å². The molecule has 1 heterocycles. The first-order chi connectivity index (χ1) is 6.24. The van der Waals surface area contributed by atoms with E-state index in [2.05, 4.69) is 23.9 Å². The van der Waals surface area contributed by atoms with Gasteiger partial charge in [-0.15, -0.1) is 11.6 Å². The molecule has 1 aliphatic heterocycles. The van der Waals surface area contributed by atoms with E-state index in [1.165, 1.54) is 32.5 Å². The number of nitrogens with zero attached hydrogens (tertiary/aromatic N) is 2. The van der Waals surface area contributed by atoms with Crippen molar-refractivity contribution < 1.29 is 0 Å². The highest BCUT2D eigenvalue weighted by molar-refractivity contribution is 6.17. The third kappa shape index (κ3) is 3.84. The van der Waals surface area contributed by atoms with E-state index in [0.717, 1.165) is 18.3 Å². The van der Waals surface area contributed by atoms with Gasteiger partial charge >= 0.3 is 0 Å². The molecule has 0 aromatic carbocycles. The summed E-state index contributed by atoms with van der Waals surface area (Å²) in [5.41, 5.74) is 0. The molecular formula is C10H21ClN2. The van der Waals surface area contributed by atoms with Crippen LogP contribution < -0.4 is 0 Å². The summed E-state index contributed by atoms with van der Waals surface area (Å²) in [5.74, 6) is 0.795. The van der Waals surface area contributed by atoms with Gasteiger partial charge < -0.3 is 9.80 Å². The molecule has 0 spiro atoms. The van der Waals surface area contributed by atoms with Gasteiger partial charge in [-0.2, -0.15) is 0 Å². The quantitative estimate of drug-likeness (QED) is 0.643. The van der Waals surface area contributed by atoms with Gasteiger partial charge in [-0.1, -0.05) is 0 Å². The Morgan fingerprint density at radius 3 is 2.85 bits per heavy atom. The predicted molar refractivity (Wildman–Crippen MR) is 58.5 cm³/mol. The van der Waals surface area contributed by atoms with Crippen LogP contribution in [0.15, 0.2) is 0 Å². The summed E-state index contributed by atoms with van der Waals surface area (Å²) in [6.45, 7) is 3.67. The lowest BCUT2D eigenvalue weighted by Crippen LogP contribution is -2.45. The summed E-state index contributed by atoms with van der Waals surface area (Å²) in [6.07, 6.45) is 3.82. The summed E-state index contributed by atoms with van der Waals surface area (Å²) < 4.78 is 0. The fraction of sp³-hybridized carbons (Fsp3) is 1.00. The van der Waals surface area contributed by atoms with Gasteiger partial charge in [-0.05, 0) is 46.4 Å². The standard InChI is InChI=1S/C10H21ClN2/c1-12(2)10-5-3-7-13(9-10)8-4-6-11/h10H,3-9H2,1-2H3. The molecule has 0 saturated carbocycles. The number of hydrogen-bond acceptors (Lipinski definition) is 2. The molecule has 78 valence electrons. The van der Waals surface area contributed by atoms with Crippen molar-refractivity contribution in [2.24, 2.45) is 0 Å². The molecule has 1 fully saturated rings. The number of rotatable bonds is 4. The van der Waals surface area contributed by atoms with E-state index >= 15 is 0 Å². The van der Waals surface area contributed by atoms with Crippen LogP contribution in [-0.2, 0) is 0 Å². The van der Waals surface area contributed by atoms with Gasteiger partial charge in [0.1, 0.15) is 0 Å². The van der Waals surface area contributed by atoms with Gasteiger partial charge in [0.05, 0.1) is 0 Å². The average Bonchev–Trinajstić information content (AvgIpc) is 2.15. The molecular weight excluding hydrogens is 184 g/mol. The lowest BCUT2D eigenvalue weighted by Gasteiger charge is -2.36. The Morgan fingerprint density at radius 1 is 1.46 bits per heavy atom. The second-order valence-electron chi connectivity index (χ2n) is 4.10. The maximum absolute atomic E-state index is 5.68. The van der Waals surface area contributed by atoms with Gasteiger partial charge in [-0.3, -0.25) is 0 Å². The zero-order valence-electron chi connectivity index (χ0n) is 8.80. The van der Waals surface area contributed by atoms with Crippen molar-refractivity contribution in [3.63, 3.8) is 0 Å². The zero-order valence-corrected chi connectivity index (χ0v) is 9.56. The normalized spacial score (nSPS) is 25.4. The molecule has 0 amide bonds. The molecule has 1 saturated heterocycles. The maximum Gasteiger partial charge on any atom is 0.0235 e. The lowest BCUT2D eigenvalue weighted by molar-refractivity contribution is 0.133. The first kappa shape index (κ1) is 11.3. The van der Waals surface area contributed by atoms with Crippen molar-refractivity contribution in [1.82, 2.24) is 9.80 Å². The Kier molecular flexibility index (Phi) is 5.07. The summed E-state index contributed by atoms with van der Waals surface area (Å²) >= 11 is 5.68. The van der Waals surface area contributed by atoms with Crippen LogP contribution in [0.2, 0.25) is 0 Å². The predicted octanol–water partition coefficient (Wildman–Crippen LogP) is 1.64. The number of alkyl halides is 1. The number of likely N-dealkylation sites (tertiary alicyclic amines) is 1. The van der Waals surface area contributed by atoms with E-state index in [1.807, 2.05) is 0 Å². The smallest absolute Gasteiger partial charge is 0.0235 e. The van der Waals surface area contributed by atoms with Crippen LogP contribution in [0.5, 0.6) is 0 Å². The molecule has 13 heavy (non-hydrogen) atoms. The van der Waals surface area contributed by atoms with Crippen LogP contribution in [-0.4, -0.2) is 55.5 Å². The van der Waals surface area contributed by atoms with Crippen LogP contribution in [0, 0.1) is 0 Å². The third-order valence-electron chi connectivity index (χ3n) is 2.82. The average molecular weight is 205 g/mol. The largest absolute Gasteiger partial charge is 0.305 e. The number of likely N-dealkylation sites (N-methyl/N-ethyl adjacent to an activating group) is 1. The second kappa shape index (κ2) is 5.84. The second-order valence-corrected chi connectivity index (χ2v) is 4.48. The van der Waals surface area contributed by atoms with Crippen LogP contribution in [0.4, 0.5) is 0 Å². The monoisotopic (exact) mass is 204 g/mol. The zero-order chi connectivity index (χ0) is 9.68. The summed E-state index contributed by atoms with van der Waals surface area (Å²) in [4.78, 5) is 4.88. The van der Waals surface area contributed by atoms with E-state index in [0.29, 0.717) is 0 Å². The minimum Gasteiger partial charge on any atom is -0.305 e. The number of halogens is 1. The molecule has 0 aromatic rings. The summed E-state index contributed by atoms with van der Waals surface area (Å²) in [7, 11) is 4.35. The Morgan fingerprint density at radius 2 is 2.23 bits per heavy atom. The minimum absolute atomic E-state index is 0.754. The van der Waals surface area contributed by atoms with Crippen LogP contribution in [0.1, 0.15) is 19.3 Å². The molecule has 1 rings (SSSR count). The maximum atomic E-state index is 5.68. The fourth-order valence-corrected chi connectivity index (χ4v) is 2.06. The topological polar surface area (TPSA) is 6.48 Å². The van der Waals surface area contributed by atoms with Gasteiger partial charge in [0.25, 0.3) is 0 Å². The van der Waals surface area contributed by atoms with Crippen LogP contribution in [0.25, 0.3) is 0 Å². The number of piperidine rings is 1. The first-order valence-electron chi connectivity index (χ1n) is 5.19. The highest BCUT2D eigenvalue weighted by Crippen LogP contribution is 2.13. The Hall–Kier alpha value is 0.210. The summed E-state index contributed by atoms with van der Waals surface area (Å²) in [6, 6.07) is 0.754. The van der Waals surface area contributed by atoms with E-state index < -0.39 is 0 Å². The molecule has 0 bridgehead atoms. The van der Waals surface area contributed by atoms with Crippen molar-refractivity contribution in [1.29, 1.82) is 0 Å². The third-order valence-corrected chi connectivity index (χ3v) is 3.09. The molecule has 0 N–H and O–H groups in total. The Labute approximate surface area is 86.8 Å². The van der Waals surface area contributed by atoms with Crippen molar-refractivity contribution >= 4 is 11.6 Å². The molecule has 0 radical (unpaired) electrons. The molecule has 2 nitrogen and oxygen atoms in total. The first-order valence-corrected chi connectivity index (χ1v) is 5.72. The molecule has 0 aliphatic carbocycles. The van der Waals surface area contributed by atoms with E-state index in [1.54, 1.807) is 0 Å². The van der Waals surface area contributed by atoms with E-state index in [9.17, 15) is 0 Å². The Bertz CT molecular complexity index is 139. The molecule has 1 unspecified atom stereocenters. The number of hydrogen-bond donors (Lipinski definition) is 0. The SMILES string of the molecule is CN(C)C1CCCN(CCCCl)C1. The fourth-order valence-electron chi connectivity index (χ4n) is 1.94. The van der Waals surface area contributed by atoms with Crippen molar-refractivity contribution in [3.05, 3.63) is 0 Å². The van der Waals surface area contributed by atoms with E-state index in [-0.39, 0.29) is 0 Å². The summed E-state index contributed by atoms with van der Waals surface area (Å²) in [5, 5.41) is 0. The van der Waals surface area contributed by atoms with Gasteiger partial charge in [0.2, 0.25) is 0 Å². The van der Waals surface area contributed by atoms with Gasteiger partial charge in [-0.25, -0.2) is 0 Å². The lowest BCUT2D eigenvalue weighted by atomic mass is 10.0. The van der Waals surface area contributed by atoms with E-state index in [4.69, 9.17) is 11.6 Å². The molecule has 0 aromatic heterocycles. The van der Waals surface area contributed by atoms with Crippen molar-refractivity contribution in [3.8, 4) is 0 Å². The van der Waals surface area contributed by atoms with Gasteiger partial charge in [0, 0.05) is 18.5 Å². The van der Waals surface area contributed by atoms with Crippen molar-refractivity contribution in [2.75, 3.05) is 39.6 Å². The van der Waals surface area contributed by atoms with Crippen LogP contribution in [0.3, 0.4) is 0 Å². The van der Waals surface area contributed by atoms with Gasteiger partial charge in [0.15, 0.2) is 0 Å². The van der Waals surface area contributed by atoms with Crippen molar-refractivity contribution in [2.45, 2.75) is 25.3 Å². The highest BCUT2D eigenvalue weighted by Gasteiger charge is 2.20. The molecule has 3 heteroatoms. The Balaban J connectivity index is 2.25.